The Hall–Kier alpha value is -1.07. The molecule has 0 spiro atoms. The monoisotopic (exact) mass is 243 g/mol. The van der Waals surface area contributed by atoms with Gasteiger partial charge >= 0.3 is 0 Å². The highest BCUT2D eigenvalue weighted by atomic mass is 32.2. The number of hydrogen-bond donors (Lipinski definition) is 1. The number of rotatable bonds is 4. The molecule has 0 saturated carbocycles. The van der Waals surface area contributed by atoms with E-state index in [0.717, 1.165) is 5.56 Å². The molecule has 4 nitrogen and oxygen atoms in total. The van der Waals surface area contributed by atoms with E-state index in [-0.39, 0.29) is 10.8 Å². The van der Waals surface area contributed by atoms with Crippen molar-refractivity contribution < 1.29 is 13.2 Å². The molecule has 2 N–H and O–H groups in total. The van der Waals surface area contributed by atoms with Gasteiger partial charge in [-0.1, -0.05) is 19.1 Å². The van der Waals surface area contributed by atoms with Crippen molar-refractivity contribution in [1.82, 2.24) is 0 Å². The lowest BCUT2D eigenvalue weighted by Gasteiger charge is -2.16. The second-order valence-electron chi connectivity index (χ2n) is 3.79. The van der Waals surface area contributed by atoms with Crippen LogP contribution in [0.1, 0.15) is 18.4 Å². The summed E-state index contributed by atoms with van der Waals surface area (Å²) >= 11 is 0. The van der Waals surface area contributed by atoms with Gasteiger partial charge in [-0.25, -0.2) is 8.42 Å². The quantitative estimate of drug-likeness (QED) is 0.861. The van der Waals surface area contributed by atoms with Crippen molar-refractivity contribution in [2.75, 3.05) is 19.9 Å². The molecule has 1 aromatic carbocycles. The van der Waals surface area contributed by atoms with Gasteiger partial charge in [0.05, 0.1) is 7.11 Å². The number of hydrogen-bond acceptors (Lipinski definition) is 4. The molecule has 1 atom stereocenters. The molecule has 0 heterocycles. The summed E-state index contributed by atoms with van der Waals surface area (Å²) in [4.78, 5) is 0.216. The zero-order valence-corrected chi connectivity index (χ0v) is 10.5. The van der Waals surface area contributed by atoms with Crippen LogP contribution in [0.3, 0.4) is 0 Å². The van der Waals surface area contributed by atoms with Gasteiger partial charge in [0.15, 0.2) is 9.84 Å². The SMILES string of the molecule is COc1c(C(C)CN)cccc1S(C)(=O)=O. The minimum atomic E-state index is -3.28. The number of ether oxygens (including phenoxy) is 1. The van der Waals surface area contributed by atoms with E-state index in [1.807, 2.05) is 13.0 Å². The van der Waals surface area contributed by atoms with Crippen LogP contribution < -0.4 is 10.5 Å². The average molecular weight is 243 g/mol. The van der Waals surface area contributed by atoms with Crippen molar-refractivity contribution in [3.63, 3.8) is 0 Å². The number of para-hydroxylation sites is 1. The molecule has 0 saturated heterocycles. The first-order valence-electron chi connectivity index (χ1n) is 4.98. The van der Waals surface area contributed by atoms with Crippen LogP contribution in [0.2, 0.25) is 0 Å². The van der Waals surface area contributed by atoms with Crippen LogP contribution in [0.15, 0.2) is 23.1 Å². The van der Waals surface area contributed by atoms with Gasteiger partial charge in [0, 0.05) is 6.26 Å². The van der Waals surface area contributed by atoms with Gasteiger partial charge in [-0.3, -0.25) is 0 Å². The molecule has 0 amide bonds. The second-order valence-corrected chi connectivity index (χ2v) is 5.77. The molecule has 0 bridgehead atoms. The molecule has 0 aliphatic rings. The molecule has 16 heavy (non-hydrogen) atoms. The summed E-state index contributed by atoms with van der Waals surface area (Å²) in [5, 5.41) is 0. The highest BCUT2D eigenvalue weighted by molar-refractivity contribution is 7.90. The maximum atomic E-state index is 11.6. The Kier molecular flexibility index (Phi) is 3.93. The maximum Gasteiger partial charge on any atom is 0.179 e. The predicted octanol–water partition coefficient (Wildman–Crippen LogP) is 1.16. The molecule has 1 unspecified atom stereocenters. The van der Waals surface area contributed by atoms with Gasteiger partial charge in [-0.05, 0) is 24.1 Å². The molecule has 5 heteroatoms. The van der Waals surface area contributed by atoms with E-state index < -0.39 is 9.84 Å². The molecule has 0 radical (unpaired) electrons. The number of nitrogens with two attached hydrogens (primary N) is 1. The first-order chi connectivity index (χ1) is 7.41. The summed E-state index contributed by atoms with van der Waals surface area (Å²) in [7, 11) is -1.81. The zero-order chi connectivity index (χ0) is 12.3. The molecular weight excluding hydrogens is 226 g/mol. The average Bonchev–Trinajstić information content (AvgIpc) is 2.25. The Labute approximate surface area is 96.3 Å². The van der Waals surface area contributed by atoms with Crippen molar-refractivity contribution in [1.29, 1.82) is 0 Å². The van der Waals surface area contributed by atoms with Gasteiger partial charge in [0.25, 0.3) is 0 Å². The lowest BCUT2D eigenvalue weighted by molar-refractivity contribution is 0.394. The lowest BCUT2D eigenvalue weighted by atomic mass is 10.0. The van der Waals surface area contributed by atoms with Gasteiger partial charge in [0.1, 0.15) is 10.6 Å². The summed E-state index contributed by atoms with van der Waals surface area (Å²) < 4.78 is 28.3. The van der Waals surface area contributed by atoms with Crippen LogP contribution in [0.4, 0.5) is 0 Å². The van der Waals surface area contributed by atoms with E-state index in [2.05, 4.69) is 0 Å². The van der Waals surface area contributed by atoms with E-state index in [4.69, 9.17) is 10.5 Å². The van der Waals surface area contributed by atoms with E-state index in [9.17, 15) is 8.42 Å². The van der Waals surface area contributed by atoms with Crippen molar-refractivity contribution in [3.05, 3.63) is 23.8 Å². The summed E-state index contributed by atoms with van der Waals surface area (Å²) in [5.41, 5.74) is 6.41. The summed E-state index contributed by atoms with van der Waals surface area (Å²) in [6, 6.07) is 5.09. The Bertz CT molecular complexity index is 468. The fourth-order valence-corrected chi connectivity index (χ4v) is 2.42. The second kappa shape index (κ2) is 4.84. The van der Waals surface area contributed by atoms with Gasteiger partial charge in [0.2, 0.25) is 0 Å². The van der Waals surface area contributed by atoms with E-state index in [1.54, 1.807) is 12.1 Å². The Morgan fingerprint density at radius 1 is 1.44 bits per heavy atom. The predicted molar refractivity (Wildman–Crippen MR) is 63.6 cm³/mol. The topological polar surface area (TPSA) is 69.4 Å². The maximum absolute atomic E-state index is 11.6. The standard InChI is InChI=1S/C11H17NO3S/c1-8(7-12)9-5-4-6-10(11(9)15-2)16(3,13)14/h4-6,8H,7,12H2,1-3H3. The number of methoxy groups -OCH3 is 1. The van der Waals surface area contributed by atoms with Crippen LogP contribution in [0.5, 0.6) is 5.75 Å². The van der Waals surface area contributed by atoms with Crippen molar-refractivity contribution in [3.8, 4) is 5.75 Å². The zero-order valence-electron chi connectivity index (χ0n) is 9.73. The van der Waals surface area contributed by atoms with Gasteiger partial charge < -0.3 is 10.5 Å². The molecule has 0 fully saturated rings. The van der Waals surface area contributed by atoms with Gasteiger partial charge in [-0.15, -0.1) is 0 Å². The fourth-order valence-electron chi connectivity index (χ4n) is 1.56. The van der Waals surface area contributed by atoms with Crippen LogP contribution in [-0.2, 0) is 9.84 Å². The number of benzene rings is 1. The molecule has 1 aromatic rings. The lowest BCUT2D eigenvalue weighted by Crippen LogP contribution is -2.12. The van der Waals surface area contributed by atoms with Gasteiger partial charge in [-0.2, -0.15) is 0 Å². The van der Waals surface area contributed by atoms with Crippen molar-refractivity contribution in [2.45, 2.75) is 17.7 Å². The van der Waals surface area contributed by atoms with E-state index in [1.165, 1.54) is 13.4 Å². The molecule has 1 rings (SSSR count). The van der Waals surface area contributed by atoms with Crippen molar-refractivity contribution in [2.24, 2.45) is 5.73 Å². The largest absolute Gasteiger partial charge is 0.495 e. The molecular formula is C11H17NO3S. The first kappa shape index (κ1) is 13.0. The van der Waals surface area contributed by atoms with E-state index in [0.29, 0.717) is 12.3 Å². The minimum absolute atomic E-state index is 0.0663. The van der Waals surface area contributed by atoms with Crippen molar-refractivity contribution >= 4 is 9.84 Å². The number of sulfone groups is 1. The van der Waals surface area contributed by atoms with Crippen LogP contribution >= 0.6 is 0 Å². The minimum Gasteiger partial charge on any atom is -0.495 e. The highest BCUT2D eigenvalue weighted by Crippen LogP contribution is 2.32. The highest BCUT2D eigenvalue weighted by Gasteiger charge is 2.19. The third-order valence-corrected chi connectivity index (χ3v) is 3.62. The summed E-state index contributed by atoms with van der Waals surface area (Å²) in [6.45, 7) is 2.38. The van der Waals surface area contributed by atoms with Crippen LogP contribution in [-0.4, -0.2) is 28.3 Å². The molecule has 0 aliphatic carbocycles. The molecule has 90 valence electrons. The van der Waals surface area contributed by atoms with E-state index >= 15 is 0 Å². The van der Waals surface area contributed by atoms with Crippen LogP contribution in [0.25, 0.3) is 0 Å². The summed E-state index contributed by atoms with van der Waals surface area (Å²) in [6.07, 6.45) is 1.17. The summed E-state index contributed by atoms with van der Waals surface area (Å²) in [5.74, 6) is 0.472. The first-order valence-corrected chi connectivity index (χ1v) is 6.88. The fraction of sp³-hybridized carbons (Fsp3) is 0.455. The Morgan fingerprint density at radius 3 is 2.50 bits per heavy atom. The smallest absolute Gasteiger partial charge is 0.179 e. The third-order valence-electron chi connectivity index (χ3n) is 2.50. The molecule has 0 aromatic heterocycles. The third kappa shape index (κ3) is 2.54. The molecule has 0 aliphatic heterocycles. The Balaban J connectivity index is 3.44. The Morgan fingerprint density at radius 2 is 2.06 bits per heavy atom. The normalized spacial score (nSPS) is 13.5. The van der Waals surface area contributed by atoms with Crippen LogP contribution in [0, 0.1) is 0 Å².